The van der Waals surface area contributed by atoms with Gasteiger partial charge in [0.25, 0.3) is 0 Å². The molecular weight excluding hydrogens is 2170 g/mol. The van der Waals surface area contributed by atoms with E-state index in [1.54, 1.807) is 6.20 Å². The Hall–Kier alpha value is -18.0. The SMILES string of the molecule is Cc1ccc[c-]c1-c1ccc(-c2cccc(-c3cccc(-c4ccccc4-c4ccnc(-c5[c-]ccc(-c6ccccc6-c6cccc(-c7cccc(-c8c[c-]c(-c9ccccn9)cc8)c7)c6)c5C)c4)c3)c2)cn1.[Ir+3].[Ir+3].[c-]1ccccc1-c1ccc(-c2cccc(-c3cccc(-c4ccccc4-c4ccnc(-c5[c-]ccc(-c6ccccc6-c6cccc(-c7ccc8oc9cc(-c%10ccccn%10)[c-]cc9c8c7)c6)c5)c4)c3)c2)cn1. The van der Waals surface area contributed by atoms with E-state index in [0.29, 0.717) is 0 Å². The van der Waals surface area contributed by atoms with Crippen LogP contribution in [0.25, 0.3) is 256 Å². The molecule has 0 saturated heterocycles. The number of fused-ring (bicyclic) bond motifs is 3. The second-order valence-corrected chi connectivity index (χ2v) is 36.7. The molecule has 0 radical (unpaired) electrons. The Morgan fingerprint density at radius 2 is 0.557 bits per heavy atom. The molecule has 25 aromatic rings. The van der Waals surface area contributed by atoms with Crippen LogP contribution in [0.1, 0.15) is 11.1 Å². The zero-order chi connectivity index (χ0) is 98.3. The van der Waals surface area contributed by atoms with E-state index in [2.05, 4.69) is 436 Å². The van der Waals surface area contributed by atoms with Crippen molar-refractivity contribution in [2.45, 2.75) is 13.8 Å². The molecule has 704 valence electrons. The maximum absolute atomic E-state index is 6.34. The molecule has 0 amide bonds. The minimum Gasteiger partial charge on any atom is -0.476 e. The molecule has 149 heavy (non-hydrogen) atoms. The first kappa shape index (κ1) is 95.8. The molecule has 0 spiro atoms. The van der Waals surface area contributed by atoms with Crippen molar-refractivity contribution in [1.29, 1.82) is 0 Å². The number of aryl methyl sites for hydroxylation is 1. The molecule has 0 saturated carbocycles. The fourth-order valence-corrected chi connectivity index (χ4v) is 20.1. The Morgan fingerprint density at radius 3 is 1.05 bits per heavy atom. The maximum Gasteiger partial charge on any atom is 3.00 e. The summed E-state index contributed by atoms with van der Waals surface area (Å²) < 4.78 is 6.34. The van der Waals surface area contributed by atoms with E-state index in [0.717, 1.165) is 262 Å². The first-order valence-electron chi connectivity index (χ1n) is 49.3. The molecule has 0 aliphatic carbocycles. The smallest absolute Gasteiger partial charge is 0.476 e. The number of furan rings is 1. The van der Waals surface area contributed by atoms with Crippen LogP contribution in [0.15, 0.2) is 515 Å². The third-order valence-electron chi connectivity index (χ3n) is 27.6. The first-order valence-corrected chi connectivity index (χ1v) is 49.3. The van der Waals surface area contributed by atoms with E-state index < -0.39 is 0 Å². The fraction of sp³-hybridized carbons (Fsp3) is 0.0143. The van der Waals surface area contributed by atoms with Crippen LogP contribution in [0.4, 0.5) is 0 Å². The van der Waals surface area contributed by atoms with Crippen molar-refractivity contribution in [3.05, 3.63) is 558 Å². The molecule has 0 aliphatic heterocycles. The van der Waals surface area contributed by atoms with E-state index in [4.69, 9.17) is 24.4 Å². The third kappa shape index (κ3) is 20.4. The summed E-state index contributed by atoms with van der Waals surface area (Å²) in [6.07, 6.45) is 11.4. The summed E-state index contributed by atoms with van der Waals surface area (Å²) in [5, 5.41) is 2.09. The number of pyridine rings is 6. The predicted octanol–water partition coefficient (Wildman–Crippen LogP) is 36.1. The second-order valence-electron chi connectivity index (χ2n) is 36.7. The van der Waals surface area contributed by atoms with Gasteiger partial charge in [0.1, 0.15) is 5.58 Å². The van der Waals surface area contributed by atoms with Crippen molar-refractivity contribution in [2.75, 3.05) is 0 Å². The van der Waals surface area contributed by atoms with Crippen molar-refractivity contribution < 1.29 is 44.6 Å². The van der Waals surface area contributed by atoms with E-state index in [1.165, 1.54) is 5.56 Å². The molecule has 7 heterocycles. The Bertz CT molecular complexity index is 9190. The molecule has 0 aliphatic rings. The number of hydrogen-bond acceptors (Lipinski definition) is 7. The van der Waals surface area contributed by atoms with Gasteiger partial charge in [-0.05, 0) is 251 Å². The second kappa shape index (κ2) is 43.5. The van der Waals surface area contributed by atoms with Gasteiger partial charge in [-0.3, -0.25) is 0 Å². The Balaban J connectivity index is 0.000000166. The van der Waals surface area contributed by atoms with E-state index in [1.807, 2.05) is 128 Å². The van der Waals surface area contributed by atoms with Crippen molar-refractivity contribution >= 4 is 21.9 Å². The molecule has 0 bridgehead atoms. The van der Waals surface area contributed by atoms with Crippen LogP contribution in [0, 0.1) is 50.2 Å². The maximum atomic E-state index is 6.34. The van der Waals surface area contributed by atoms with Gasteiger partial charge in [0.05, 0.1) is 5.58 Å². The van der Waals surface area contributed by atoms with Crippen LogP contribution in [-0.2, 0) is 40.2 Å². The van der Waals surface area contributed by atoms with Crippen molar-refractivity contribution in [3.63, 3.8) is 0 Å². The summed E-state index contributed by atoms with van der Waals surface area (Å²) >= 11 is 0. The van der Waals surface area contributed by atoms with Crippen LogP contribution in [0.5, 0.6) is 0 Å². The molecule has 0 unspecified atom stereocenters. The van der Waals surface area contributed by atoms with Gasteiger partial charge in [-0.15, -0.1) is 184 Å². The number of rotatable bonds is 21. The van der Waals surface area contributed by atoms with Crippen LogP contribution >= 0.6 is 0 Å². The minimum atomic E-state index is 0. The van der Waals surface area contributed by atoms with E-state index >= 15 is 0 Å². The van der Waals surface area contributed by atoms with Gasteiger partial charge in [0, 0.05) is 37.2 Å². The average Bonchev–Trinajstić information content (AvgIpc) is 1.66. The quantitative estimate of drug-likeness (QED) is 0.0662. The largest absolute Gasteiger partial charge is 3.00 e. The van der Waals surface area contributed by atoms with Crippen molar-refractivity contribution in [1.82, 2.24) is 29.9 Å². The number of nitrogens with zero attached hydrogens (tertiary/aromatic N) is 6. The molecule has 25 rings (SSSR count). The average molecular weight is 2260 g/mol. The van der Waals surface area contributed by atoms with Crippen LogP contribution in [0.3, 0.4) is 0 Å². The summed E-state index contributed by atoms with van der Waals surface area (Å²) in [7, 11) is 0. The Morgan fingerprint density at radius 1 is 0.181 bits per heavy atom. The molecular formula is C140H90Ir2N6O. The molecule has 0 atom stereocenters. The van der Waals surface area contributed by atoms with Gasteiger partial charge >= 0.3 is 40.2 Å². The normalized spacial score (nSPS) is 11.0. The summed E-state index contributed by atoms with van der Waals surface area (Å²) in [5.41, 5.74) is 49.1. The zero-order valence-corrected chi connectivity index (χ0v) is 86.0. The Labute approximate surface area is 895 Å². The molecule has 9 heteroatoms. The molecule has 18 aromatic carbocycles. The predicted molar refractivity (Wildman–Crippen MR) is 604 cm³/mol. The van der Waals surface area contributed by atoms with Crippen molar-refractivity contribution in [3.8, 4) is 234 Å². The summed E-state index contributed by atoms with van der Waals surface area (Å²) in [4.78, 5) is 28.5. The van der Waals surface area contributed by atoms with Crippen molar-refractivity contribution in [2.24, 2.45) is 0 Å². The van der Waals surface area contributed by atoms with Gasteiger partial charge in [0.15, 0.2) is 0 Å². The summed E-state index contributed by atoms with van der Waals surface area (Å²) in [6, 6.07) is 187. The fourth-order valence-electron chi connectivity index (χ4n) is 20.1. The molecule has 7 nitrogen and oxygen atoms in total. The number of aromatic nitrogens is 6. The van der Waals surface area contributed by atoms with Gasteiger partial charge in [-0.1, -0.05) is 345 Å². The van der Waals surface area contributed by atoms with Crippen LogP contribution in [0.2, 0.25) is 0 Å². The van der Waals surface area contributed by atoms with E-state index in [-0.39, 0.29) is 40.2 Å². The Kier molecular flexibility index (Phi) is 27.9. The van der Waals surface area contributed by atoms with Crippen LogP contribution in [-0.4, -0.2) is 29.9 Å². The van der Waals surface area contributed by atoms with Gasteiger partial charge in [-0.2, -0.15) is 0 Å². The van der Waals surface area contributed by atoms with Gasteiger partial charge < -0.3 is 34.3 Å². The van der Waals surface area contributed by atoms with Crippen LogP contribution < -0.4 is 0 Å². The monoisotopic (exact) mass is 2260 g/mol. The van der Waals surface area contributed by atoms with Gasteiger partial charge in [0.2, 0.25) is 0 Å². The third-order valence-corrected chi connectivity index (χ3v) is 27.6. The first-order chi connectivity index (χ1) is 72.6. The topological polar surface area (TPSA) is 90.5 Å². The minimum absolute atomic E-state index is 0. The standard InChI is InChI=1S/C71H48N3.C69H42N3O.2Ir/c1-48-16-3-4-25-62(48)70-38-37-61(47-74-70)57-22-12-19-54(43-57)55-20-13-23-58(44-55)65-26-5-6-27-66(65)60-39-41-73-71(46-60)64-31-15-30-63(49(64)2)68-29-8-7-28-67(68)59-24-14-21-56(45-59)53-18-11-17-52(42-53)50-33-35-51(36-34-50)69-32-9-10-40-72-69;1-2-14-46(15-3-1)66-33-30-58(45-72-66)50-19-10-16-47(38-50)48-17-11-20-52(39-48)60-25-6-7-27-62(60)55-35-37-71-67(43-55)56-23-13-22-54(41-56)61-26-5-4-24-59(61)53-21-12-18-49(40-53)51-31-34-68-64(42-51)63-32-29-57(44-69(63)73-68)65-28-8-9-36-70-65;;/h3-24,26-30,32-35,37-47H,1-2H3;1-14,16-22,24-28,30-45H;;/q2*-3;2*+3. The molecule has 0 N–H and O–H groups in total. The molecule has 7 aromatic heterocycles. The molecule has 0 fully saturated rings. The number of benzene rings is 18. The number of hydrogen-bond donors (Lipinski definition) is 0. The zero-order valence-electron chi connectivity index (χ0n) is 81.3. The summed E-state index contributed by atoms with van der Waals surface area (Å²) in [5.74, 6) is 0. The van der Waals surface area contributed by atoms with Gasteiger partial charge in [-0.25, -0.2) is 0 Å². The van der Waals surface area contributed by atoms with E-state index in [9.17, 15) is 0 Å². The summed E-state index contributed by atoms with van der Waals surface area (Å²) in [6.45, 7) is 4.29.